The Bertz CT molecular complexity index is 1050. The highest BCUT2D eigenvalue weighted by molar-refractivity contribution is 6.07. The van der Waals surface area contributed by atoms with Gasteiger partial charge in [-0.2, -0.15) is 0 Å². The summed E-state index contributed by atoms with van der Waals surface area (Å²) >= 11 is 0. The summed E-state index contributed by atoms with van der Waals surface area (Å²) in [6.07, 6.45) is 1.90. The maximum Gasteiger partial charge on any atom is 0.258 e. The molecule has 1 heterocycles. The zero-order chi connectivity index (χ0) is 20.2. The lowest BCUT2D eigenvalue weighted by Crippen LogP contribution is -2.35. The number of halogens is 1. The van der Waals surface area contributed by atoms with E-state index in [0.717, 1.165) is 18.5 Å². The third kappa shape index (κ3) is 4.04. The van der Waals surface area contributed by atoms with E-state index in [1.807, 2.05) is 18.2 Å². The fraction of sp³-hybridized carbons (Fsp3) is 0.167. The van der Waals surface area contributed by atoms with Crippen LogP contribution in [0, 0.1) is 5.82 Å². The lowest BCUT2D eigenvalue weighted by Gasteiger charge is -2.29. The van der Waals surface area contributed by atoms with Crippen molar-refractivity contribution >= 4 is 17.5 Å². The molecule has 29 heavy (non-hydrogen) atoms. The molecular weight excluding hydrogens is 367 g/mol. The normalized spacial score (nSPS) is 12.9. The third-order valence-electron chi connectivity index (χ3n) is 5.15. The van der Waals surface area contributed by atoms with Crippen LogP contribution >= 0.6 is 0 Å². The van der Waals surface area contributed by atoms with Crippen molar-refractivity contribution in [3.05, 3.63) is 101 Å². The molecule has 2 amide bonds. The van der Waals surface area contributed by atoms with Gasteiger partial charge in [0.15, 0.2) is 0 Å². The SMILES string of the molecule is O=C(NCc1ccccc1F)c1ccc(C(=O)N2CCCc3ccccc32)cc1. The van der Waals surface area contributed by atoms with Gasteiger partial charge >= 0.3 is 0 Å². The minimum absolute atomic E-state index is 0.0736. The van der Waals surface area contributed by atoms with Crippen molar-refractivity contribution in [1.82, 2.24) is 5.32 Å². The fourth-order valence-corrected chi connectivity index (χ4v) is 3.58. The van der Waals surface area contributed by atoms with Crippen molar-refractivity contribution in [2.45, 2.75) is 19.4 Å². The molecule has 0 saturated carbocycles. The van der Waals surface area contributed by atoms with Crippen LogP contribution in [0.5, 0.6) is 0 Å². The molecule has 5 heteroatoms. The Morgan fingerprint density at radius 1 is 0.897 bits per heavy atom. The molecule has 0 aromatic heterocycles. The average molecular weight is 388 g/mol. The van der Waals surface area contributed by atoms with E-state index in [4.69, 9.17) is 0 Å². The van der Waals surface area contributed by atoms with Gasteiger partial charge in [-0.25, -0.2) is 4.39 Å². The zero-order valence-corrected chi connectivity index (χ0v) is 15.9. The lowest BCUT2D eigenvalue weighted by atomic mass is 10.0. The standard InChI is InChI=1S/C24H21FN2O2/c25-21-9-3-1-7-20(21)16-26-23(28)18-11-13-19(14-12-18)24(29)27-15-5-8-17-6-2-4-10-22(17)27/h1-4,6-7,9-14H,5,8,15-16H2,(H,26,28). The summed E-state index contributed by atoms with van der Waals surface area (Å²) in [7, 11) is 0. The van der Waals surface area contributed by atoms with Crippen LogP contribution in [0.2, 0.25) is 0 Å². The van der Waals surface area contributed by atoms with E-state index in [9.17, 15) is 14.0 Å². The second-order valence-electron chi connectivity index (χ2n) is 7.04. The van der Waals surface area contributed by atoms with Gasteiger partial charge in [0.05, 0.1) is 0 Å². The molecule has 0 saturated heterocycles. The van der Waals surface area contributed by atoms with Gasteiger partial charge in [-0.15, -0.1) is 0 Å². The van der Waals surface area contributed by atoms with Crippen LogP contribution in [0.15, 0.2) is 72.8 Å². The number of amides is 2. The van der Waals surface area contributed by atoms with Gasteiger partial charge in [0.25, 0.3) is 11.8 Å². The molecule has 0 atom stereocenters. The first-order valence-corrected chi connectivity index (χ1v) is 9.65. The predicted octanol–water partition coefficient (Wildman–Crippen LogP) is 4.35. The van der Waals surface area contributed by atoms with Gasteiger partial charge in [0, 0.05) is 35.5 Å². The van der Waals surface area contributed by atoms with Crippen LogP contribution in [-0.2, 0) is 13.0 Å². The Morgan fingerprint density at radius 3 is 2.38 bits per heavy atom. The number of aryl methyl sites for hydroxylation is 1. The van der Waals surface area contributed by atoms with E-state index < -0.39 is 0 Å². The molecule has 0 radical (unpaired) electrons. The summed E-state index contributed by atoms with van der Waals surface area (Å²) in [5.74, 6) is -0.735. The number of para-hydroxylation sites is 1. The molecule has 1 aliphatic rings. The van der Waals surface area contributed by atoms with Gasteiger partial charge in [-0.1, -0.05) is 36.4 Å². The minimum atomic E-state index is -0.351. The van der Waals surface area contributed by atoms with Gasteiger partial charge in [0.2, 0.25) is 0 Å². The van der Waals surface area contributed by atoms with Crippen molar-refractivity contribution < 1.29 is 14.0 Å². The molecule has 3 aromatic rings. The highest BCUT2D eigenvalue weighted by atomic mass is 19.1. The quantitative estimate of drug-likeness (QED) is 0.722. The Hall–Kier alpha value is -3.47. The topological polar surface area (TPSA) is 49.4 Å². The summed E-state index contributed by atoms with van der Waals surface area (Å²) in [4.78, 5) is 27.1. The maximum atomic E-state index is 13.7. The van der Waals surface area contributed by atoms with Crippen molar-refractivity contribution in [2.24, 2.45) is 0 Å². The smallest absolute Gasteiger partial charge is 0.258 e. The predicted molar refractivity (Wildman–Crippen MR) is 110 cm³/mol. The number of fused-ring (bicyclic) bond motifs is 1. The molecule has 0 aliphatic carbocycles. The summed E-state index contributed by atoms with van der Waals surface area (Å²) in [6.45, 7) is 0.789. The highest BCUT2D eigenvalue weighted by Gasteiger charge is 2.23. The van der Waals surface area contributed by atoms with Crippen molar-refractivity contribution in [3.8, 4) is 0 Å². The lowest BCUT2D eigenvalue weighted by molar-refractivity contribution is 0.0947. The van der Waals surface area contributed by atoms with Crippen LogP contribution < -0.4 is 10.2 Å². The Labute approximate surface area is 169 Å². The van der Waals surface area contributed by atoms with E-state index in [-0.39, 0.29) is 24.2 Å². The molecule has 0 unspecified atom stereocenters. The van der Waals surface area contributed by atoms with Gasteiger partial charge in [0.1, 0.15) is 5.82 Å². The van der Waals surface area contributed by atoms with Crippen molar-refractivity contribution in [3.63, 3.8) is 0 Å². The first-order chi connectivity index (χ1) is 14.1. The molecule has 0 spiro atoms. The summed E-state index contributed by atoms with van der Waals surface area (Å²) < 4.78 is 13.7. The number of benzene rings is 3. The summed E-state index contributed by atoms with van der Waals surface area (Å²) in [5, 5.41) is 2.71. The number of carbonyl (C=O) groups is 2. The number of hydrogen-bond donors (Lipinski definition) is 1. The van der Waals surface area contributed by atoms with Crippen LogP contribution in [0.3, 0.4) is 0 Å². The molecule has 4 nitrogen and oxygen atoms in total. The molecule has 3 aromatic carbocycles. The Balaban J connectivity index is 1.45. The number of anilines is 1. The summed E-state index contributed by atoms with van der Waals surface area (Å²) in [6, 6.07) is 20.9. The average Bonchev–Trinajstić information content (AvgIpc) is 2.77. The number of rotatable bonds is 4. The Morgan fingerprint density at radius 2 is 1.59 bits per heavy atom. The number of hydrogen-bond acceptors (Lipinski definition) is 2. The van der Waals surface area contributed by atoms with Crippen LogP contribution in [0.25, 0.3) is 0 Å². The highest BCUT2D eigenvalue weighted by Crippen LogP contribution is 2.28. The minimum Gasteiger partial charge on any atom is -0.348 e. The number of carbonyl (C=O) groups excluding carboxylic acids is 2. The molecule has 0 fully saturated rings. The van der Waals surface area contributed by atoms with Crippen molar-refractivity contribution in [2.75, 3.05) is 11.4 Å². The van der Waals surface area contributed by atoms with Crippen molar-refractivity contribution in [1.29, 1.82) is 0 Å². The van der Waals surface area contributed by atoms with E-state index >= 15 is 0 Å². The molecule has 146 valence electrons. The Kier molecular flexibility index (Phi) is 5.38. The number of nitrogens with zero attached hydrogens (tertiary/aromatic N) is 1. The van der Waals surface area contributed by atoms with E-state index in [1.165, 1.54) is 11.6 Å². The first kappa shape index (κ1) is 18.9. The van der Waals surface area contributed by atoms with E-state index in [2.05, 4.69) is 11.4 Å². The fourth-order valence-electron chi connectivity index (χ4n) is 3.58. The summed E-state index contributed by atoms with van der Waals surface area (Å²) in [5.41, 5.74) is 3.52. The molecule has 1 N–H and O–H groups in total. The first-order valence-electron chi connectivity index (χ1n) is 9.65. The molecule has 1 aliphatic heterocycles. The second-order valence-corrected chi connectivity index (χ2v) is 7.04. The van der Waals surface area contributed by atoms with E-state index in [1.54, 1.807) is 47.4 Å². The monoisotopic (exact) mass is 388 g/mol. The van der Waals surface area contributed by atoms with Crippen LogP contribution in [0.1, 0.15) is 38.3 Å². The molecule has 4 rings (SSSR count). The maximum absolute atomic E-state index is 13.7. The van der Waals surface area contributed by atoms with E-state index in [0.29, 0.717) is 23.2 Å². The van der Waals surface area contributed by atoms with Gasteiger partial charge < -0.3 is 10.2 Å². The third-order valence-corrected chi connectivity index (χ3v) is 5.15. The van der Waals surface area contributed by atoms with Crippen LogP contribution in [-0.4, -0.2) is 18.4 Å². The second kappa shape index (κ2) is 8.27. The molecule has 0 bridgehead atoms. The molecular formula is C24H21FN2O2. The zero-order valence-electron chi connectivity index (χ0n) is 15.9. The van der Waals surface area contributed by atoms with Gasteiger partial charge in [-0.3, -0.25) is 9.59 Å². The van der Waals surface area contributed by atoms with Crippen LogP contribution in [0.4, 0.5) is 10.1 Å². The number of nitrogens with one attached hydrogen (secondary N) is 1. The van der Waals surface area contributed by atoms with Gasteiger partial charge in [-0.05, 0) is 54.8 Å². The largest absolute Gasteiger partial charge is 0.348 e.